The SMILES string of the molecule is CC1C2=CCSC2C(C)C1C. The second-order valence-electron chi connectivity index (χ2n) is 3.96. The van der Waals surface area contributed by atoms with Gasteiger partial charge >= 0.3 is 0 Å². The Balaban J connectivity index is 2.28. The molecule has 0 saturated heterocycles. The van der Waals surface area contributed by atoms with Crippen LogP contribution in [0.25, 0.3) is 0 Å². The molecular formula is C10H16S. The van der Waals surface area contributed by atoms with Crippen molar-refractivity contribution in [2.75, 3.05) is 5.75 Å². The van der Waals surface area contributed by atoms with Crippen molar-refractivity contribution in [2.24, 2.45) is 17.8 Å². The molecule has 0 bridgehead atoms. The van der Waals surface area contributed by atoms with Crippen LogP contribution in [-0.2, 0) is 0 Å². The fraction of sp³-hybridized carbons (Fsp3) is 0.800. The Morgan fingerprint density at radius 3 is 2.64 bits per heavy atom. The molecule has 0 aromatic rings. The summed E-state index contributed by atoms with van der Waals surface area (Å²) < 4.78 is 0. The van der Waals surface area contributed by atoms with E-state index in [1.807, 2.05) is 0 Å². The van der Waals surface area contributed by atoms with Crippen LogP contribution in [0.2, 0.25) is 0 Å². The normalized spacial score (nSPS) is 49.2. The molecule has 2 aliphatic rings. The van der Waals surface area contributed by atoms with Crippen LogP contribution in [0.3, 0.4) is 0 Å². The lowest BCUT2D eigenvalue weighted by Crippen LogP contribution is -2.10. The number of hydrogen-bond acceptors (Lipinski definition) is 1. The summed E-state index contributed by atoms with van der Waals surface area (Å²) in [6.45, 7) is 7.19. The highest BCUT2D eigenvalue weighted by Crippen LogP contribution is 2.49. The molecule has 2 rings (SSSR count). The Bertz CT molecular complexity index is 195. The molecule has 0 spiro atoms. The van der Waals surface area contributed by atoms with Gasteiger partial charge in [-0.1, -0.05) is 32.4 Å². The lowest BCUT2D eigenvalue weighted by molar-refractivity contribution is 0.392. The van der Waals surface area contributed by atoms with E-state index < -0.39 is 0 Å². The van der Waals surface area contributed by atoms with Gasteiger partial charge in [-0.3, -0.25) is 0 Å². The van der Waals surface area contributed by atoms with Crippen LogP contribution in [0.4, 0.5) is 0 Å². The quantitative estimate of drug-likeness (QED) is 0.501. The molecular weight excluding hydrogens is 152 g/mol. The maximum absolute atomic E-state index is 2.46. The highest BCUT2D eigenvalue weighted by Gasteiger charge is 2.41. The summed E-state index contributed by atoms with van der Waals surface area (Å²) in [4.78, 5) is 0. The van der Waals surface area contributed by atoms with E-state index in [1.54, 1.807) is 5.57 Å². The molecule has 1 heterocycles. The fourth-order valence-corrected chi connectivity index (χ4v) is 3.95. The Morgan fingerprint density at radius 2 is 2.00 bits per heavy atom. The minimum absolute atomic E-state index is 0.852. The average molecular weight is 168 g/mol. The van der Waals surface area contributed by atoms with Crippen LogP contribution >= 0.6 is 11.8 Å². The van der Waals surface area contributed by atoms with Crippen molar-refractivity contribution < 1.29 is 0 Å². The van der Waals surface area contributed by atoms with Crippen LogP contribution in [0.1, 0.15) is 20.8 Å². The molecule has 0 radical (unpaired) electrons. The van der Waals surface area contributed by atoms with E-state index in [-0.39, 0.29) is 0 Å². The summed E-state index contributed by atoms with van der Waals surface area (Å²) in [5.41, 5.74) is 1.75. The molecule has 0 aromatic heterocycles. The van der Waals surface area contributed by atoms with Crippen molar-refractivity contribution in [1.29, 1.82) is 0 Å². The van der Waals surface area contributed by atoms with E-state index in [0.29, 0.717) is 0 Å². The van der Waals surface area contributed by atoms with Crippen molar-refractivity contribution in [3.05, 3.63) is 11.6 Å². The maximum atomic E-state index is 2.46. The number of fused-ring (bicyclic) bond motifs is 1. The van der Waals surface area contributed by atoms with Crippen molar-refractivity contribution in [3.8, 4) is 0 Å². The standard InChI is InChI=1S/C10H16S/c1-6-7(2)9-4-5-11-10(9)8(6)3/h4,6-8,10H,5H2,1-3H3. The molecule has 1 saturated carbocycles. The van der Waals surface area contributed by atoms with Crippen LogP contribution in [0.15, 0.2) is 11.6 Å². The van der Waals surface area contributed by atoms with Gasteiger partial charge in [0.05, 0.1) is 0 Å². The van der Waals surface area contributed by atoms with Crippen LogP contribution < -0.4 is 0 Å². The molecule has 1 aliphatic heterocycles. The molecule has 62 valence electrons. The third kappa shape index (κ3) is 0.970. The van der Waals surface area contributed by atoms with Crippen molar-refractivity contribution in [3.63, 3.8) is 0 Å². The molecule has 4 atom stereocenters. The van der Waals surface area contributed by atoms with Gasteiger partial charge in [0.15, 0.2) is 0 Å². The Hall–Kier alpha value is 0.0900. The zero-order valence-electron chi connectivity index (χ0n) is 7.50. The molecule has 4 unspecified atom stereocenters. The van der Waals surface area contributed by atoms with Gasteiger partial charge in [-0.2, -0.15) is 0 Å². The second kappa shape index (κ2) is 2.55. The number of thioether (sulfide) groups is 1. The van der Waals surface area contributed by atoms with Gasteiger partial charge < -0.3 is 0 Å². The van der Waals surface area contributed by atoms with E-state index in [9.17, 15) is 0 Å². The number of hydrogen-bond donors (Lipinski definition) is 0. The number of rotatable bonds is 0. The predicted molar refractivity (Wildman–Crippen MR) is 51.8 cm³/mol. The molecule has 11 heavy (non-hydrogen) atoms. The van der Waals surface area contributed by atoms with Crippen LogP contribution in [0.5, 0.6) is 0 Å². The molecule has 0 nitrogen and oxygen atoms in total. The first-order valence-electron chi connectivity index (χ1n) is 4.53. The van der Waals surface area contributed by atoms with Crippen LogP contribution in [-0.4, -0.2) is 11.0 Å². The summed E-state index contributed by atoms with van der Waals surface area (Å²) in [6.07, 6.45) is 2.46. The van der Waals surface area contributed by atoms with Crippen molar-refractivity contribution in [1.82, 2.24) is 0 Å². The highest BCUT2D eigenvalue weighted by atomic mass is 32.2. The summed E-state index contributed by atoms with van der Waals surface area (Å²) in [7, 11) is 0. The first-order chi connectivity index (χ1) is 5.22. The van der Waals surface area contributed by atoms with E-state index in [1.165, 1.54) is 5.75 Å². The van der Waals surface area contributed by atoms with E-state index in [4.69, 9.17) is 0 Å². The minimum atomic E-state index is 0.852. The predicted octanol–water partition coefficient (Wildman–Crippen LogP) is 2.95. The molecule has 0 aromatic carbocycles. The monoisotopic (exact) mass is 168 g/mol. The van der Waals surface area contributed by atoms with Gasteiger partial charge in [-0.05, 0) is 17.8 Å². The average Bonchev–Trinajstić information content (AvgIpc) is 2.53. The van der Waals surface area contributed by atoms with E-state index in [2.05, 4.69) is 38.6 Å². The molecule has 0 N–H and O–H groups in total. The Morgan fingerprint density at radius 1 is 1.27 bits per heavy atom. The molecule has 0 amide bonds. The van der Waals surface area contributed by atoms with Gasteiger partial charge in [-0.15, -0.1) is 11.8 Å². The maximum Gasteiger partial charge on any atom is 0.0290 e. The molecule has 1 fully saturated rings. The van der Waals surface area contributed by atoms with Gasteiger partial charge in [-0.25, -0.2) is 0 Å². The zero-order chi connectivity index (χ0) is 8.01. The summed E-state index contributed by atoms with van der Waals surface area (Å²) >= 11 is 2.14. The van der Waals surface area contributed by atoms with Gasteiger partial charge in [0.25, 0.3) is 0 Å². The minimum Gasteiger partial charge on any atom is -0.150 e. The van der Waals surface area contributed by atoms with Crippen molar-refractivity contribution >= 4 is 11.8 Å². The van der Waals surface area contributed by atoms with E-state index >= 15 is 0 Å². The largest absolute Gasteiger partial charge is 0.150 e. The lowest BCUT2D eigenvalue weighted by Gasteiger charge is -2.15. The Labute approximate surface area is 73.4 Å². The topological polar surface area (TPSA) is 0 Å². The van der Waals surface area contributed by atoms with Crippen molar-refractivity contribution in [2.45, 2.75) is 26.0 Å². The second-order valence-corrected chi connectivity index (χ2v) is 5.14. The Kier molecular flexibility index (Phi) is 1.79. The van der Waals surface area contributed by atoms with Crippen LogP contribution in [0, 0.1) is 17.8 Å². The smallest absolute Gasteiger partial charge is 0.0290 e. The summed E-state index contributed by atoms with van der Waals surface area (Å²) in [5, 5.41) is 0.875. The fourth-order valence-electron chi connectivity index (χ4n) is 2.40. The summed E-state index contributed by atoms with van der Waals surface area (Å²) in [6, 6.07) is 0. The highest BCUT2D eigenvalue weighted by molar-refractivity contribution is 8.00. The zero-order valence-corrected chi connectivity index (χ0v) is 8.32. The first-order valence-corrected chi connectivity index (χ1v) is 5.58. The van der Waals surface area contributed by atoms with Gasteiger partial charge in [0.1, 0.15) is 0 Å². The molecule has 1 aliphatic carbocycles. The molecule has 1 heteroatoms. The van der Waals surface area contributed by atoms with Gasteiger partial charge in [0.2, 0.25) is 0 Å². The third-order valence-corrected chi connectivity index (χ3v) is 4.96. The first kappa shape index (κ1) is 7.72. The lowest BCUT2D eigenvalue weighted by atomic mass is 9.93. The van der Waals surface area contributed by atoms with Gasteiger partial charge in [0, 0.05) is 11.0 Å². The van der Waals surface area contributed by atoms with E-state index in [0.717, 1.165) is 23.0 Å². The third-order valence-electron chi connectivity index (χ3n) is 3.54. The summed E-state index contributed by atoms with van der Waals surface area (Å²) in [5.74, 6) is 3.93.